The number of rotatable bonds is 7. The van der Waals surface area contributed by atoms with Gasteiger partial charge in [-0.05, 0) is 48.4 Å². The standard InChI is InChI=1S/C25H33N3O2/c1-25(2,3)18-23(29)27-20-11-12-22(28-15-7-8-16-28)21(17-20)24(30)26-14-13-19-9-5-4-6-10-19/h4-6,9-12,17H,7-8,13-16,18H2,1-3H3,(H,26,30)(H,27,29). The molecule has 0 bridgehead atoms. The van der Waals surface area contributed by atoms with Gasteiger partial charge in [-0.3, -0.25) is 9.59 Å². The van der Waals surface area contributed by atoms with Crippen molar-refractivity contribution in [3.63, 3.8) is 0 Å². The first-order valence-corrected chi connectivity index (χ1v) is 10.8. The van der Waals surface area contributed by atoms with E-state index in [1.165, 1.54) is 5.56 Å². The van der Waals surface area contributed by atoms with Crippen LogP contribution >= 0.6 is 0 Å². The van der Waals surface area contributed by atoms with Crippen LogP contribution < -0.4 is 15.5 Å². The summed E-state index contributed by atoms with van der Waals surface area (Å²) in [5, 5.41) is 6.01. The zero-order valence-electron chi connectivity index (χ0n) is 18.3. The molecular formula is C25H33N3O2. The molecule has 0 aliphatic carbocycles. The Morgan fingerprint density at radius 3 is 2.37 bits per heavy atom. The van der Waals surface area contributed by atoms with Crippen LogP contribution in [0.5, 0.6) is 0 Å². The summed E-state index contributed by atoms with van der Waals surface area (Å²) in [6.45, 7) is 8.60. The molecule has 2 aromatic carbocycles. The van der Waals surface area contributed by atoms with Crippen molar-refractivity contribution in [2.24, 2.45) is 5.41 Å². The molecule has 2 N–H and O–H groups in total. The topological polar surface area (TPSA) is 61.4 Å². The third-order valence-corrected chi connectivity index (χ3v) is 5.20. The maximum absolute atomic E-state index is 13.0. The van der Waals surface area contributed by atoms with Crippen molar-refractivity contribution < 1.29 is 9.59 Å². The highest BCUT2D eigenvalue weighted by Crippen LogP contribution is 2.28. The van der Waals surface area contributed by atoms with Crippen molar-refractivity contribution in [2.45, 2.75) is 46.5 Å². The van der Waals surface area contributed by atoms with Crippen LogP contribution in [0.3, 0.4) is 0 Å². The van der Waals surface area contributed by atoms with Crippen molar-refractivity contribution in [1.29, 1.82) is 0 Å². The monoisotopic (exact) mass is 407 g/mol. The van der Waals surface area contributed by atoms with Crippen LogP contribution in [0.4, 0.5) is 11.4 Å². The van der Waals surface area contributed by atoms with Gasteiger partial charge in [0.25, 0.3) is 5.91 Å². The molecule has 5 nitrogen and oxygen atoms in total. The second kappa shape index (κ2) is 9.79. The largest absolute Gasteiger partial charge is 0.371 e. The first kappa shape index (κ1) is 21.9. The minimum absolute atomic E-state index is 0.0353. The van der Waals surface area contributed by atoms with Crippen LogP contribution in [-0.2, 0) is 11.2 Å². The van der Waals surface area contributed by atoms with E-state index in [2.05, 4.69) is 27.7 Å². The summed E-state index contributed by atoms with van der Waals surface area (Å²) in [7, 11) is 0. The van der Waals surface area contributed by atoms with Crippen LogP contribution in [0.25, 0.3) is 0 Å². The lowest BCUT2D eigenvalue weighted by molar-refractivity contribution is -0.117. The second-order valence-corrected chi connectivity index (χ2v) is 9.20. The van der Waals surface area contributed by atoms with Gasteiger partial charge in [-0.2, -0.15) is 0 Å². The average molecular weight is 408 g/mol. The predicted molar refractivity (Wildman–Crippen MR) is 123 cm³/mol. The number of carbonyl (C=O) groups is 2. The van der Waals surface area contributed by atoms with Gasteiger partial charge in [-0.25, -0.2) is 0 Å². The van der Waals surface area contributed by atoms with Crippen LogP contribution in [0, 0.1) is 5.41 Å². The Kier molecular flexibility index (Phi) is 7.14. The van der Waals surface area contributed by atoms with E-state index in [-0.39, 0.29) is 17.2 Å². The molecule has 0 saturated carbocycles. The van der Waals surface area contributed by atoms with Crippen molar-refractivity contribution in [2.75, 3.05) is 29.9 Å². The SMILES string of the molecule is CC(C)(C)CC(=O)Nc1ccc(N2CCCC2)c(C(=O)NCCc2ccccc2)c1. The van der Waals surface area contributed by atoms with Gasteiger partial charge >= 0.3 is 0 Å². The van der Waals surface area contributed by atoms with Gasteiger partial charge in [0.1, 0.15) is 0 Å². The maximum Gasteiger partial charge on any atom is 0.253 e. The highest BCUT2D eigenvalue weighted by atomic mass is 16.2. The Bertz CT molecular complexity index is 866. The van der Waals surface area contributed by atoms with Crippen LogP contribution in [0.1, 0.15) is 56.0 Å². The van der Waals surface area contributed by atoms with Gasteiger partial charge in [0.15, 0.2) is 0 Å². The lowest BCUT2D eigenvalue weighted by Crippen LogP contribution is -2.29. The molecule has 0 radical (unpaired) electrons. The van der Waals surface area contributed by atoms with E-state index in [0.29, 0.717) is 24.2 Å². The minimum Gasteiger partial charge on any atom is -0.371 e. The van der Waals surface area contributed by atoms with Crippen LogP contribution in [-0.4, -0.2) is 31.4 Å². The highest BCUT2D eigenvalue weighted by molar-refractivity contribution is 6.02. The summed E-state index contributed by atoms with van der Waals surface area (Å²) in [5.74, 6) is -0.133. The normalized spacial score (nSPS) is 13.9. The molecule has 30 heavy (non-hydrogen) atoms. The quantitative estimate of drug-likeness (QED) is 0.703. The van der Waals surface area contributed by atoms with Crippen molar-refractivity contribution >= 4 is 23.2 Å². The average Bonchev–Trinajstić information content (AvgIpc) is 3.22. The summed E-state index contributed by atoms with van der Waals surface area (Å²) in [6.07, 6.45) is 3.49. The Hall–Kier alpha value is -2.82. The molecule has 5 heteroatoms. The lowest BCUT2D eigenvalue weighted by Gasteiger charge is -2.22. The molecule has 0 unspecified atom stereocenters. The van der Waals surface area contributed by atoms with Crippen molar-refractivity contribution in [1.82, 2.24) is 5.32 Å². The molecule has 1 fully saturated rings. The van der Waals surface area contributed by atoms with E-state index >= 15 is 0 Å². The summed E-state index contributed by atoms with van der Waals surface area (Å²) in [6, 6.07) is 15.8. The summed E-state index contributed by atoms with van der Waals surface area (Å²) >= 11 is 0. The Morgan fingerprint density at radius 1 is 1.00 bits per heavy atom. The molecule has 1 aliphatic rings. The molecule has 2 aromatic rings. The number of anilines is 2. The molecule has 0 aromatic heterocycles. The Morgan fingerprint density at radius 2 is 1.70 bits per heavy atom. The number of nitrogens with zero attached hydrogens (tertiary/aromatic N) is 1. The fourth-order valence-electron chi connectivity index (χ4n) is 3.78. The van der Waals surface area contributed by atoms with Gasteiger partial charge in [0.05, 0.1) is 5.56 Å². The first-order valence-electron chi connectivity index (χ1n) is 10.8. The Labute approximate surface area is 179 Å². The molecule has 1 saturated heterocycles. The second-order valence-electron chi connectivity index (χ2n) is 9.20. The third kappa shape index (κ3) is 6.34. The number of amides is 2. The number of carbonyl (C=O) groups excluding carboxylic acids is 2. The van der Waals surface area contributed by atoms with Gasteiger partial charge < -0.3 is 15.5 Å². The molecule has 0 atom stereocenters. The van der Waals surface area contributed by atoms with E-state index in [1.54, 1.807) is 0 Å². The number of benzene rings is 2. The van der Waals surface area contributed by atoms with E-state index in [4.69, 9.17) is 0 Å². The van der Waals surface area contributed by atoms with Gasteiger partial charge in [-0.15, -0.1) is 0 Å². The molecular weight excluding hydrogens is 374 g/mol. The number of hydrogen-bond acceptors (Lipinski definition) is 3. The van der Waals surface area contributed by atoms with E-state index < -0.39 is 0 Å². The molecule has 160 valence electrons. The predicted octanol–water partition coefficient (Wildman–Crippen LogP) is 4.63. The summed E-state index contributed by atoms with van der Waals surface area (Å²) in [4.78, 5) is 27.6. The summed E-state index contributed by atoms with van der Waals surface area (Å²) < 4.78 is 0. The molecule has 3 rings (SSSR count). The maximum atomic E-state index is 13.0. The van der Waals surface area contributed by atoms with Gasteiger partial charge in [0, 0.05) is 37.4 Å². The fraction of sp³-hybridized carbons (Fsp3) is 0.440. The first-order chi connectivity index (χ1) is 14.3. The minimum atomic E-state index is -0.0975. The summed E-state index contributed by atoms with van der Waals surface area (Å²) in [5.41, 5.74) is 3.34. The molecule has 1 aliphatic heterocycles. The van der Waals surface area contributed by atoms with Gasteiger partial charge in [-0.1, -0.05) is 51.1 Å². The number of hydrogen-bond donors (Lipinski definition) is 2. The third-order valence-electron chi connectivity index (χ3n) is 5.20. The van der Waals surface area contributed by atoms with E-state index in [1.807, 2.05) is 57.2 Å². The lowest BCUT2D eigenvalue weighted by atomic mass is 9.92. The molecule has 1 heterocycles. The zero-order chi connectivity index (χ0) is 21.6. The van der Waals surface area contributed by atoms with Crippen LogP contribution in [0.2, 0.25) is 0 Å². The van der Waals surface area contributed by atoms with Crippen LogP contribution in [0.15, 0.2) is 48.5 Å². The van der Waals surface area contributed by atoms with E-state index in [9.17, 15) is 9.59 Å². The molecule has 2 amide bonds. The zero-order valence-corrected chi connectivity index (χ0v) is 18.3. The molecule has 0 spiro atoms. The smallest absolute Gasteiger partial charge is 0.253 e. The van der Waals surface area contributed by atoms with Crippen molar-refractivity contribution in [3.8, 4) is 0 Å². The number of nitrogens with one attached hydrogen (secondary N) is 2. The van der Waals surface area contributed by atoms with Gasteiger partial charge in [0.2, 0.25) is 5.91 Å². The fourth-order valence-corrected chi connectivity index (χ4v) is 3.78. The highest BCUT2D eigenvalue weighted by Gasteiger charge is 2.21. The van der Waals surface area contributed by atoms with E-state index in [0.717, 1.165) is 38.0 Å². The Balaban J connectivity index is 1.73. The van der Waals surface area contributed by atoms with Crippen molar-refractivity contribution in [3.05, 3.63) is 59.7 Å².